The Labute approximate surface area is 210 Å². The molecule has 1 aliphatic rings. The predicted octanol–water partition coefficient (Wildman–Crippen LogP) is 5.14. The van der Waals surface area contributed by atoms with Crippen LogP contribution in [0, 0.1) is 0 Å². The molecule has 9 nitrogen and oxygen atoms in total. The van der Waals surface area contributed by atoms with E-state index in [4.69, 9.17) is 14.4 Å². The lowest BCUT2D eigenvalue weighted by Gasteiger charge is -2.29. The third kappa shape index (κ3) is 5.35. The standard InChI is InChI=1S/C27H33N7O2/c1-17(2)34-16-29-24-25(28-14-19-4-6-20(7-5-19)21-12-13-36-15-21)32-27(33-26(24)34)31-23-10-8-22(9-11-23)30-18(3)35/h4-7,12-13,15-17,22-23H,8-11,14H2,1-3H3,(H,30,35)(H2,28,31,32,33). The van der Waals surface area contributed by atoms with Crippen LogP contribution in [0.15, 0.2) is 53.6 Å². The lowest BCUT2D eigenvalue weighted by molar-refractivity contribution is -0.119. The van der Waals surface area contributed by atoms with Crippen molar-refractivity contribution in [1.29, 1.82) is 0 Å². The maximum Gasteiger partial charge on any atom is 0.227 e. The van der Waals surface area contributed by atoms with Crippen LogP contribution in [0.5, 0.6) is 0 Å². The highest BCUT2D eigenvalue weighted by molar-refractivity contribution is 5.84. The van der Waals surface area contributed by atoms with Gasteiger partial charge in [-0.25, -0.2) is 4.98 Å². The Balaban J connectivity index is 1.33. The molecule has 0 bridgehead atoms. The predicted molar refractivity (Wildman–Crippen MR) is 141 cm³/mol. The second-order valence-electron chi connectivity index (χ2n) is 9.77. The molecule has 0 saturated heterocycles. The molecule has 1 saturated carbocycles. The molecular weight excluding hydrogens is 454 g/mol. The molecule has 0 spiro atoms. The molecule has 0 atom stereocenters. The first-order chi connectivity index (χ1) is 17.5. The number of nitrogens with one attached hydrogen (secondary N) is 3. The Morgan fingerprint density at radius 2 is 1.81 bits per heavy atom. The van der Waals surface area contributed by atoms with Gasteiger partial charge in [-0.1, -0.05) is 24.3 Å². The normalized spacial score (nSPS) is 17.9. The highest BCUT2D eigenvalue weighted by atomic mass is 16.3. The Morgan fingerprint density at radius 1 is 1.06 bits per heavy atom. The molecule has 3 heterocycles. The van der Waals surface area contributed by atoms with E-state index >= 15 is 0 Å². The van der Waals surface area contributed by atoms with E-state index in [0.29, 0.717) is 18.3 Å². The van der Waals surface area contributed by atoms with Crippen molar-refractivity contribution < 1.29 is 9.21 Å². The van der Waals surface area contributed by atoms with Crippen molar-refractivity contribution in [2.24, 2.45) is 0 Å². The van der Waals surface area contributed by atoms with Gasteiger partial charge in [0.25, 0.3) is 0 Å². The minimum atomic E-state index is 0.0361. The summed E-state index contributed by atoms with van der Waals surface area (Å²) in [7, 11) is 0. The zero-order chi connectivity index (χ0) is 25.1. The van der Waals surface area contributed by atoms with Gasteiger partial charge in [0, 0.05) is 37.2 Å². The van der Waals surface area contributed by atoms with Crippen LogP contribution in [-0.2, 0) is 11.3 Å². The van der Waals surface area contributed by atoms with Gasteiger partial charge in [0.1, 0.15) is 0 Å². The van der Waals surface area contributed by atoms with Gasteiger partial charge in [-0.15, -0.1) is 0 Å². The number of furan rings is 1. The number of hydrogen-bond donors (Lipinski definition) is 3. The number of carbonyl (C=O) groups excluding carboxylic acids is 1. The third-order valence-corrected chi connectivity index (χ3v) is 6.71. The second kappa shape index (κ2) is 10.4. The van der Waals surface area contributed by atoms with Gasteiger partial charge in [0.05, 0.1) is 18.9 Å². The molecule has 9 heteroatoms. The van der Waals surface area contributed by atoms with E-state index in [1.54, 1.807) is 19.5 Å². The second-order valence-corrected chi connectivity index (χ2v) is 9.77. The smallest absolute Gasteiger partial charge is 0.227 e. The van der Waals surface area contributed by atoms with Crippen molar-refractivity contribution in [3.05, 3.63) is 54.7 Å². The fraction of sp³-hybridized carbons (Fsp3) is 0.407. The number of imidazole rings is 1. The fourth-order valence-corrected chi connectivity index (χ4v) is 4.76. The molecular formula is C27H33N7O2. The molecule has 1 amide bonds. The molecule has 1 fully saturated rings. The van der Waals surface area contributed by atoms with Crippen LogP contribution in [0.4, 0.5) is 11.8 Å². The van der Waals surface area contributed by atoms with Crippen LogP contribution in [0.2, 0.25) is 0 Å². The molecule has 1 aliphatic carbocycles. The number of fused-ring (bicyclic) bond motifs is 1. The van der Waals surface area contributed by atoms with Gasteiger partial charge in [-0.3, -0.25) is 4.79 Å². The summed E-state index contributed by atoms with van der Waals surface area (Å²) in [6, 6.07) is 11.1. The minimum absolute atomic E-state index is 0.0361. The lowest BCUT2D eigenvalue weighted by atomic mass is 9.91. The number of nitrogens with zero attached hydrogens (tertiary/aromatic N) is 4. The van der Waals surface area contributed by atoms with Crippen molar-refractivity contribution in [1.82, 2.24) is 24.8 Å². The first-order valence-electron chi connectivity index (χ1n) is 12.6. The summed E-state index contributed by atoms with van der Waals surface area (Å²) in [4.78, 5) is 25.6. The highest BCUT2D eigenvalue weighted by Crippen LogP contribution is 2.27. The van der Waals surface area contributed by atoms with Crippen LogP contribution >= 0.6 is 0 Å². The monoisotopic (exact) mass is 487 g/mol. The Bertz CT molecular complexity index is 1300. The molecule has 5 rings (SSSR count). The summed E-state index contributed by atoms with van der Waals surface area (Å²) in [5.74, 6) is 1.35. The average Bonchev–Trinajstić information content (AvgIpc) is 3.54. The number of amides is 1. The van der Waals surface area contributed by atoms with Crippen LogP contribution in [0.1, 0.15) is 58.1 Å². The van der Waals surface area contributed by atoms with Crippen LogP contribution < -0.4 is 16.0 Å². The molecule has 36 heavy (non-hydrogen) atoms. The van der Waals surface area contributed by atoms with Crippen LogP contribution in [0.25, 0.3) is 22.3 Å². The van der Waals surface area contributed by atoms with Gasteiger partial charge in [0.2, 0.25) is 11.9 Å². The van der Waals surface area contributed by atoms with Gasteiger partial charge >= 0.3 is 0 Å². The zero-order valence-corrected chi connectivity index (χ0v) is 21.0. The minimum Gasteiger partial charge on any atom is -0.472 e. The van der Waals surface area contributed by atoms with E-state index < -0.39 is 0 Å². The van der Waals surface area contributed by atoms with Crippen molar-refractivity contribution >= 4 is 28.8 Å². The lowest BCUT2D eigenvalue weighted by Crippen LogP contribution is -2.39. The molecule has 4 aromatic rings. The highest BCUT2D eigenvalue weighted by Gasteiger charge is 2.23. The topological polar surface area (TPSA) is 110 Å². The SMILES string of the molecule is CC(=O)NC1CCC(Nc2nc(NCc3ccc(-c4ccoc4)cc3)c3ncn(C(C)C)c3n2)CC1. The van der Waals surface area contributed by atoms with Crippen LogP contribution in [0.3, 0.4) is 0 Å². The molecule has 3 aromatic heterocycles. The van der Waals surface area contributed by atoms with E-state index in [0.717, 1.165) is 53.5 Å². The summed E-state index contributed by atoms with van der Waals surface area (Å²) in [6.45, 7) is 6.43. The van der Waals surface area contributed by atoms with Crippen molar-refractivity contribution in [3.63, 3.8) is 0 Å². The Hall–Kier alpha value is -3.88. The molecule has 3 N–H and O–H groups in total. The van der Waals surface area contributed by atoms with Gasteiger partial charge in [0.15, 0.2) is 17.0 Å². The molecule has 0 unspecified atom stereocenters. The van der Waals surface area contributed by atoms with E-state index in [1.807, 2.05) is 12.4 Å². The van der Waals surface area contributed by atoms with Crippen molar-refractivity contribution in [2.75, 3.05) is 10.6 Å². The summed E-state index contributed by atoms with van der Waals surface area (Å²) in [6.07, 6.45) is 9.08. The average molecular weight is 488 g/mol. The summed E-state index contributed by atoms with van der Waals surface area (Å²) < 4.78 is 7.26. The first kappa shape index (κ1) is 23.8. The quantitative estimate of drug-likeness (QED) is 0.316. The fourth-order valence-electron chi connectivity index (χ4n) is 4.76. The largest absolute Gasteiger partial charge is 0.472 e. The van der Waals surface area contributed by atoms with E-state index in [-0.39, 0.29) is 24.0 Å². The Morgan fingerprint density at radius 3 is 2.47 bits per heavy atom. The zero-order valence-electron chi connectivity index (χ0n) is 21.0. The molecule has 0 radical (unpaired) electrons. The maximum atomic E-state index is 11.4. The van der Waals surface area contributed by atoms with E-state index in [2.05, 4.69) is 63.6 Å². The summed E-state index contributed by atoms with van der Waals surface area (Å²) in [5.41, 5.74) is 4.90. The van der Waals surface area contributed by atoms with Crippen LogP contribution in [-0.4, -0.2) is 37.5 Å². The number of carbonyl (C=O) groups is 1. The van der Waals surface area contributed by atoms with Crippen molar-refractivity contribution in [3.8, 4) is 11.1 Å². The number of aromatic nitrogens is 4. The Kier molecular flexibility index (Phi) is 6.88. The first-order valence-corrected chi connectivity index (χ1v) is 12.6. The number of rotatable bonds is 8. The van der Waals surface area contributed by atoms with Gasteiger partial charge in [-0.05, 0) is 56.7 Å². The maximum absolute atomic E-state index is 11.4. The van der Waals surface area contributed by atoms with Crippen molar-refractivity contribution in [2.45, 2.75) is 71.1 Å². The molecule has 1 aromatic carbocycles. The van der Waals surface area contributed by atoms with Gasteiger partial charge in [-0.2, -0.15) is 9.97 Å². The van der Waals surface area contributed by atoms with E-state index in [9.17, 15) is 4.79 Å². The molecule has 0 aliphatic heterocycles. The third-order valence-electron chi connectivity index (χ3n) is 6.71. The molecule has 188 valence electrons. The number of hydrogen-bond acceptors (Lipinski definition) is 7. The number of benzene rings is 1. The number of anilines is 2. The van der Waals surface area contributed by atoms with E-state index in [1.165, 1.54) is 0 Å². The summed E-state index contributed by atoms with van der Waals surface area (Å²) in [5, 5.41) is 10.1. The van der Waals surface area contributed by atoms with Gasteiger partial charge < -0.3 is 24.9 Å². The summed E-state index contributed by atoms with van der Waals surface area (Å²) >= 11 is 0.